The fourth-order valence-corrected chi connectivity index (χ4v) is 5.02. The van der Waals surface area contributed by atoms with Crippen LogP contribution in [0.25, 0.3) is 11.1 Å². The summed E-state index contributed by atoms with van der Waals surface area (Å²) in [6.45, 7) is 0.443. The van der Waals surface area contributed by atoms with E-state index >= 15 is 0 Å². The van der Waals surface area contributed by atoms with Gasteiger partial charge in [-0.25, -0.2) is 4.79 Å². The first-order valence-electron chi connectivity index (χ1n) is 11.8. The van der Waals surface area contributed by atoms with Gasteiger partial charge < -0.3 is 15.4 Å². The van der Waals surface area contributed by atoms with Crippen LogP contribution in [0.1, 0.15) is 22.6 Å². The number of benzene rings is 3. The summed E-state index contributed by atoms with van der Waals surface area (Å²) in [7, 11) is 0. The van der Waals surface area contributed by atoms with Crippen molar-refractivity contribution in [3.05, 3.63) is 106 Å². The van der Waals surface area contributed by atoms with E-state index in [1.807, 2.05) is 60.7 Å². The molecule has 0 saturated carbocycles. The van der Waals surface area contributed by atoms with Crippen LogP contribution in [0.2, 0.25) is 0 Å². The van der Waals surface area contributed by atoms with E-state index in [-0.39, 0.29) is 31.1 Å². The van der Waals surface area contributed by atoms with Crippen molar-refractivity contribution in [2.75, 3.05) is 13.2 Å². The quantitative estimate of drug-likeness (QED) is 0.364. The molecule has 184 valence electrons. The van der Waals surface area contributed by atoms with Gasteiger partial charge in [0.1, 0.15) is 23.4 Å². The van der Waals surface area contributed by atoms with Crippen molar-refractivity contribution in [1.82, 2.24) is 16.1 Å². The lowest BCUT2D eigenvalue weighted by Crippen LogP contribution is -2.49. The second kappa shape index (κ2) is 11.0. The van der Waals surface area contributed by atoms with Gasteiger partial charge in [0.25, 0.3) is 0 Å². The first-order chi connectivity index (χ1) is 17.6. The molecule has 2 atom stereocenters. The molecule has 2 aliphatic rings. The first-order valence-corrected chi connectivity index (χ1v) is 12.6. The fourth-order valence-electron chi connectivity index (χ4n) is 4.63. The summed E-state index contributed by atoms with van der Waals surface area (Å²) < 4.78 is 6.38. The van der Waals surface area contributed by atoms with Gasteiger partial charge in [0.05, 0.1) is 6.54 Å². The average Bonchev–Trinajstić information content (AvgIpc) is 3.47. The third-order valence-electron chi connectivity index (χ3n) is 6.35. The largest absolute Gasteiger partial charge is 0.449 e. The SMILES string of the molecule is O=C(N[C@@H](Cc1ccccc1)C(=O)NCC1C=C(Br)NO1)OCC1c2ccccc2-c2ccccc21. The van der Waals surface area contributed by atoms with Crippen LogP contribution in [0, 0.1) is 0 Å². The van der Waals surface area contributed by atoms with Crippen LogP contribution in [-0.4, -0.2) is 37.3 Å². The molecule has 8 heteroatoms. The minimum absolute atomic E-state index is 0.0539. The number of nitrogens with one attached hydrogen (secondary N) is 3. The van der Waals surface area contributed by atoms with Crippen LogP contribution in [0.5, 0.6) is 0 Å². The molecule has 7 nitrogen and oxygen atoms in total. The molecule has 1 unspecified atom stereocenters. The van der Waals surface area contributed by atoms with Crippen molar-refractivity contribution in [2.24, 2.45) is 0 Å². The molecule has 0 spiro atoms. The Morgan fingerprint density at radius 2 is 1.58 bits per heavy atom. The number of halogens is 1. The topological polar surface area (TPSA) is 88.7 Å². The molecule has 3 N–H and O–H groups in total. The lowest BCUT2D eigenvalue weighted by Gasteiger charge is -2.20. The van der Waals surface area contributed by atoms with E-state index < -0.39 is 12.1 Å². The second-order valence-electron chi connectivity index (χ2n) is 8.73. The lowest BCUT2D eigenvalue weighted by molar-refractivity contribution is -0.123. The molecule has 1 aliphatic carbocycles. The maximum Gasteiger partial charge on any atom is 0.407 e. The minimum atomic E-state index is -0.801. The van der Waals surface area contributed by atoms with Crippen LogP contribution in [-0.2, 0) is 20.8 Å². The monoisotopic (exact) mass is 547 g/mol. The van der Waals surface area contributed by atoms with Crippen LogP contribution in [0.15, 0.2) is 89.5 Å². The molecule has 0 radical (unpaired) electrons. The van der Waals surface area contributed by atoms with Crippen molar-refractivity contribution in [2.45, 2.75) is 24.5 Å². The van der Waals surface area contributed by atoms with Gasteiger partial charge in [0.2, 0.25) is 5.91 Å². The van der Waals surface area contributed by atoms with E-state index in [0.29, 0.717) is 11.0 Å². The lowest BCUT2D eigenvalue weighted by atomic mass is 9.98. The van der Waals surface area contributed by atoms with Crippen LogP contribution < -0.4 is 16.1 Å². The number of carbonyl (C=O) groups excluding carboxylic acids is 2. The minimum Gasteiger partial charge on any atom is -0.449 e. The van der Waals surface area contributed by atoms with Crippen LogP contribution in [0.3, 0.4) is 0 Å². The van der Waals surface area contributed by atoms with E-state index in [1.54, 1.807) is 0 Å². The predicted octanol–water partition coefficient (Wildman–Crippen LogP) is 4.39. The molecule has 2 amide bonds. The number of rotatable bonds is 8. The zero-order chi connectivity index (χ0) is 24.9. The molecular weight excluding hydrogens is 522 g/mol. The van der Waals surface area contributed by atoms with E-state index in [1.165, 1.54) is 0 Å². The molecular formula is C28H26BrN3O4. The first kappa shape index (κ1) is 24.1. The van der Waals surface area contributed by atoms with Gasteiger partial charge >= 0.3 is 6.09 Å². The number of fused-ring (bicyclic) bond motifs is 3. The molecule has 1 aliphatic heterocycles. The zero-order valence-corrected chi connectivity index (χ0v) is 21.0. The smallest absolute Gasteiger partial charge is 0.407 e. The third-order valence-corrected chi connectivity index (χ3v) is 6.78. The summed E-state index contributed by atoms with van der Waals surface area (Å²) in [6.07, 6.45) is 1.20. The molecule has 3 aromatic rings. The zero-order valence-electron chi connectivity index (χ0n) is 19.4. The molecule has 0 saturated heterocycles. The van der Waals surface area contributed by atoms with Crippen molar-refractivity contribution in [1.29, 1.82) is 0 Å². The number of alkyl carbamates (subject to hydrolysis) is 1. The second-order valence-corrected chi connectivity index (χ2v) is 9.58. The van der Waals surface area contributed by atoms with Crippen molar-refractivity contribution >= 4 is 27.9 Å². The van der Waals surface area contributed by atoms with E-state index in [9.17, 15) is 9.59 Å². The Morgan fingerprint density at radius 1 is 0.944 bits per heavy atom. The van der Waals surface area contributed by atoms with Crippen molar-refractivity contribution in [3.8, 4) is 11.1 Å². The molecule has 36 heavy (non-hydrogen) atoms. The Labute approximate surface area is 218 Å². The van der Waals surface area contributed by atoms with Crippen molar-refractivity contribution in [3.63, 3.8) is 0 Å². The Hall–Kier alpha value is -3.62. The van der Waals surface area contributed by atoms with Gasteiger partial charge in [-0.15, -0.1) is 0 Å². The molecule has 0 aromatic heterocycles. The standard InChI is InChI=1S/C28H26BrN3O4/c29-26-15-19(36-32-26)16-30-27(33)25(14-18-8-2-1-3-9-18)31-28(34)35-17-24-22-12-6-4-10-20(22)21-11-5-7-13-23(21)24/h1-13,15,19,24-25,32H,14,16-17H2,(H,30,33)(H,31,34)/t19?,25-/m0/s1. The Balaban J connectivity index is 1.24. The Morgan fingerprint density at radius 3 is 2.22 bits per heavy atom. The summed E-state index contributed by atoms with van der Waals surface area (Å²) in [6, 6.07) is 25.1. The Kier molecular flexibility index (Phi) is 7.34. The molecule has 0 fully saturated rings. The molecule has 3 aromatic carbocycles. The van der Waals surface area contributed by atoms with E-state index in [4.69, 9.17) is 9.57 Å². The van der Waals surface area contributed by atoms with Gasteiger partial charge in [-0.2, -0.15) is 0 Å². The highest BCUT2D eigenvalue weighted by Crippen LogP contribution is 2.44. The van der Waals surface area contributed by atoms with Gasteiger partial charge in [-0.05, 0) is 49.8 Å². The molecule has 5 rings (SSSR count). The van der Waals surface area contributed by atoms with Gasteiger partial charge in [-0.1, -0.05) is 78.9 Å². The summed E-state index contributed by atoms with van der Waals surface area (Å²) >= 11 is 3.30. The maximum absolute atomic E-state index is 13.0. The third kappa shape index (κ3) is 5.45. The number of hydrogen-bond acceptors (Lipinski definition) is 5. The van der Waals surface area contributed by atoms with Gasteiger partial charge in [-0.3, -0.25) is 15.1 Å². The highest BCUT2D eigenvalue weighted by molar-refractivity contribution is 9.11. The fraction of sp³-hybridized carbons (Fsp3) is 0.214. The normalized spacial score (nSPS) is 16.8. The van der Waals surface area contributed by atoms with Gasteiger partial charge in [0.15, 0.2) is 0 Å². The number of amides is 2. The maximum atomic E-state index is 13.0. The van der Waals surface area contributed by atoms with Crippen LogP contribution >= 0.6 is 15.9 Å². The summed E-state index contributed by atoms with van der Waals surface area (Å²) in [4.78, 5) is 31.2. The molecule has 1 heterocycles. The number of ether oxygens (including phenoxy) is 1. The van der Waals surface area contributed by atoms with Gasteiger partial charge in [0, 0.05) is 12.3 Å². The van der Waals surface area contributed by atoms with Crippen molar-refractivity contribution < 1.29 is 19.2 Å². The Bertz CT molecular complexity index is 1240. The number of hydrogen-bond donors (Lipinski definition) is 3. The summed E-state index contributed by atoms with van der Waals surface area (Å²) in [5.41, 5.74) is 8.21. The van der Waals surface area contributed by atoms with E-state index in [2.05, 4.69) is 56.3 Å². The summed E-state index contributed by atoms with van der Waals surface area (Å²) in [5.74, 6) is -0.366. The highest BCUT2D eigenvalue weighted by atomic mass is 79.9. The van der Waals surface area contributed by atoms with E-state index in [0.717, 1.165) is 27.8 Å². The number of carbonyl (C=O) groups is 2. The highest BCUT2D eigenvalue weighted by Gasteiger charge is 2.30. The number of hydroxylamine groups is 1. The predicted molar refractivity (Wildman–Crippen MR) is 140 cm³/mol. The van der Waals surface area contributed by atoms with Crippen LogP contribution in [0.4, 0.5) is 4.79 Å². The summed E-state index contributed by atoms with van der Waals surface area (Å²) in [5, 5.41) is 5.62. The average molecular weight is 548 g/mol. The molecule has 0 bridgehead atoms.